The summed E-state index contributed by atoms with van der Waals surface area (Å²) in [5, 5.41) is 0. The molecule has 0 amide bonds. The van der Waals surface area contributed by atoms with E-state index < -0.39 is 10.0 Å². The molecule has 0 aliphatic carbocycles. The van der Waals surface area contributed by atoms with Crippen LogP contribution in [0.3, 0.4) is 0 Å². The molecular weight excluding hydrogens is 428 g/mol. The SMILES string of the molecule is COc1nccc(C)c1-c1cc(Oc2ccccc2)nc(NS(=O)(=O)c2ccccc2)n1. The van der Waals surface area contributed by atoms with Gasteiger partial charge in [0, 0.05) is 12.3 Å². The number of hydrogen-bond acceptors (Lipinski definition) is 7. The number of ether oxygens (including phenoxy) is 2. The fourth-order valence-electron chi connectivity index (χ4n) is 3.04. The number of sulfonamides is 1. The molecule has 0 aliphatic heterocycles. The number of pyridine rings is 1. The van der Waals surface area contributed by atoms with Gasteiger partial charge in [0.2, 0.25) is 17.7 Å². The van der Waals surface area contributed by atoms with Crippen molar-refractivity contribution in [2.75, 3.05) is 11.8 Å². The Morgan fingerprint density at radius 3 is 2.28 bits per heavy atom. The molecule has 0 spiro atoms. The number of nitrogens with zero attached hydrogens (tertiary/aromatic N) is 3. The lowest BCUT2D eigenvalue weighted by Gasteiger charge is -2.14. The molecule has 1 N–H and O–H groups in total. The summed E-state index contributed by atoms with van der Waals surface area (Å²) in [5.74, 6) is 0.926. The third kappa shape index (κ3) is 4.68. The Morgan fingerprint density at radius 2 is 1.59 bits per heavy atom. The van der Waals surface area contributed by atoms with Crippen LogP contribution in [0.15, 0.2) is 83.9 Å². The Balaban J connectivity index is 1.81. The number of methoxy groups -OCH3 is 1. The number of aromatic nitrogens is 3. The number of rotatable bonds is 7. The average molecular weight is 449 g/mol. The van der Waals surface area contributed by atoms with Crippen molar-refractivity contribution in [1.29, 1.82) is 0 Å². The molecule has 8 nitrogen and oxygen atoms in total. The molecule has 0 unspecified atom stereocenters. The van der Waals surface area contributed by atoms with Gasteiger partial charge in [-0.05, 0) is 42.8 Å². The van der Waals surface area contributed by atoms with Crippen LogP contribution in [0.4, 0.5) is 5.95 Å². The standard InChI is InChI=1S/C23H20N4O4S/c1-16-13-14-24-22(30-2)21(16)19-15-20(31-17-9-5-3-6-10-17)26-23(25-19)27-32(28,29)18-11-7-4-8-12-18/h3-15H,1-2H3,(H,25,26,27). The largest absolute Gasteiger partial charge is 0.480 e. The Labute approximate surface area is 186 Å². The van der Waals surface area contributed by atoms with Crippen molar-refractivity contribution >= 4 is 16.0 Å². The highest BCUT2D eigenvalue weighted by Crippen LogP contribution is 2.33. The second-order valence-electron chi connectivity index (χ2n) is 6.76. The normalized spacial score (nSPS) is 11.1. The van der Waals surface area contributed by atoms with Gasteiger partial charge < -0.3 is 9.47 Å². The number of nitrogens with one attached hydrogen (secondary N) is 1. The molecule has 0 radical (unpaired) electrons. The lowest BCUT2D eigenvalue weighted by molar-refractivity contribution is 0.399. The van der Waals surface area contributed by atoms with E-state index in [9.17, 15) is 8.42 Å². The van der Waals surface area contributed by atoms with Crippen LogP contribution in [-0.4, -0.2) is 30.5 Å². The molecule has 2 aromatic carbocycles. The van der Waals surface area contributed by atoms with E-state index in [0.29, 0.717) is 22.9 Å². The first kappa shape index (κ1) is 21.3. The Bertz CT molecular complexity index is 1330. The number of benzene rings is 2. The van der Waals surface area contributed by atoms with Gasteiger partial charge in [-0.25, -0.2) is 23.1 Å². The molecule has 2 aromatic heterocycles. The Kier molecular flexibility index (Phi) is 6.00. The Morgan fingerprint density at radius 1 is 0.906 bits per heavy atom. The number of hydrogen-bond donors (Lipinski definition) is 1. The van der Waals surface area contributed by atoms with Crippen molar-refractivity contribution in [3.63, 3.8) is 0 Å². The summed E-state index contributed by atoms with van der Waals surface area (Å²) in [5.41, 5.74) is 1.85. The predicted octanol–water partition coefficient (Wildman–Crippen LogP) is 4.45. The van der Waals surface area contributed by atoms with Crippen LogP contribution in [0.5, 0.6) is 17.5 Å². The molecule has 32 heavy (non-hydrogen) atoms. The molecule has 0 saturated heterocycles. The zero-order valence-electron chi connectivity index (χ0n) is 17.4. The van der Waals surface area contributed by atoms with Crippen molar-refractivity contribution in [2.24, 2.45) is 0 Å². The summed E-state index contributed by atoms with van der Waals surface area (Å²) in [6.07, 6.45) is 1.62. The molecule has 0 aliphatic rings. The molecule has 4 rings (SSSR count). The zero-order valence-corrected chi connectivity index (χ0v) is 18.2. The van der Waals surface area contributed by atoms with Crippen LogP contribution in [0.25, 0.3) is 11.3 Å². The van der Waals surface area contributed by atoms with Crippen molar-refractivity contribution in [2.45, 2.75) is 11.8 Å². The van der Waals surface area contributed by atoms with Gasteiger partial charge in [0.25, 0.3) is 10.0 Å². The van der Waals surface area contributed by atoms with Crippen molar-refractivity contribution in [3.05, 3.63) is 84.6 Å². The van der Waals surface area contributed by atoms with Crippen molar-refractivity contribution in [3.8, 4) is 28.8 Å². The van der Waals surface area contributed by atoms with E-state index in [1.54, 1.807) is 42.6 Å². The second-order valence-corrected chi connectivity index (χ2v) is 8.44. The molecule has 2 heterocycles. The van der Waals surface area contributed by atoms with Crippen molar-refractivity contribution < 1.29 is 17.9 Å². The highest BCUT2D eigenvalue weighted by molar-refractivity contribution is 7.92. The molecule has 9 heteroatoms. The average Bonchev–Trinajstić information content (AvgIpc) is 2.79. The van der Waals surface area contributed by atoms with Gasteiger partial charge in [0.1, 0.15) is 5.75 Å². The first-order valence-electron chi connectivity index (χ1n) is 9.66. The van der Waals surface area contributed by atoms with Gasteiger partial charge in [-0.2, -0.15) is 4.98 Å². The zero-order chi connectivity index (χ0) is 22.6. The minimum absolute atomic E-state index is 0.0923. The van der Waals surface area contributed by atoms with Crippen LogP contribution in [-0.2, 0) is 10.0 Å². The fraction of sp³-hybridized carbons (Fsp3) is 0.0870. The molecular formula is C23H20N4O4S. The van der Waals surface area contributed by atoms with Gasteiger partial charge in [-0.1, -0.05) is 36.4 Å². The quantitative estimate of drug-likeness (QED) is 0.445. The van der Waals surface area contributed by atoms with E-state index in [-0.39, 0.29) is 16.7 Å². The van der Waals surface area contributed by atoms with Gasteiger partial charge in [-0.15, -0.1) is 0 Å². The Hall–Kier alpha value is -3.98. The topological polar surface area (TPSA) is 103 Å². The summed E-state index contributed by atoms with van der Waals surface area (Å²) < 4.78 is 39.4. The predicted molar refractivity (Wildman–Crippen MR) is 120 cm³/mol. The summed E-state index contributed by atoms with van der Waals surface area (Å²) >= 11 is 0. The first-order valence-corrected chi connectivity index (χ1v) is 11.1. The minimum Gasteiger partial charge on any atom is -0.480 e. The summed E-state index contributed by atoms with van der Waals surface area (Å²) in [7, 11) is -2.40. The van der Waals surface area contributed by atoms with Gasteiger partial charge in [0.15, 0.2) is 0 Å². The fourth-order valence-corrected chi connectivity index (χ4v) is 4.00. The van der Waals surface area contributed by atoms with Crippen LogP contribution in [0.2, 0.25) is 0 Å². The number of para-hydroxylation sites is 1. The second kappa shape index (κ2) is 9.03. The van der Waals surface area contributed by atoms with E-state index in [2.05, 4.69) is 19.7 Å². The maximum atomic E-state index is 12.8. The molecule has 0 saturated carbocycles. The molecule has 0 fully saturated rings. The number of anilines is 1. The first-order chi connectivity index (χ1) is 15.5. The third-order valence-corrected chi connectivity index (χ3v) is 5.87. The van der Waals surface area contributed by atoms with Crippen LogP contribution >= 0.6 is 0 Å². The maximum absolute atomic E-state index is 12.8. The van der Waals surface area contributed by atoms with Gasteiger partial charge in [0.05, 0.1) is 23.3 Å². The van der Waals surface area contributed by atoms with E-state index in [4.69, 9.17) is 9.47 Å². The van der Waals surface area contributed by atoms with Gasteiger partial charge >= 0.3 is 0 Å². The summed E-state index contributed by atoms with van der Waals surface area (Å²) in [6.45, 7) is 1.88. The van der Waals surface area contributed by atoms with Crippen LogP contribution < -0.4 is 14.2 Å². The highest BCUT2D eigenvalue weighted by atomic mass is 32.2. The minimum atomic E-state index is -3.91. The maximum Gasteiger partial charge on any atom is 0.264 e. The number of aryl methyl sites for hydroxylation is 1. The van der Waals surface area contributed by atoms with E-state index in [1.807, 2.05) is 31.2 Å². The smallest absolute Gasteiger partial charge is 0.264 e. The van der Waals surface area contributed by atoms with Crippen LogP contribution in [0, 0.1) is 6.92 Å². The molecule has 0 bridgehead atoms. The van der Waals surface area contributed by atoms with E-state index in [1.165, 1.54) is 19.2 Å². The molecule has 162 valence electrons. The van der Waals surface area contributed by atoms with Crippen molar-refractivity contribution in [1.82, 2.24) is 15.0 Å². The third-order valence-electron chi connectivity index (χ3n) is 4.52. The van der Waals surface area contributed by atoms with Crippen LogP contribution in [0.1, 0.15) is 5.56 Å². The van der Waals surface area contributed by atoms with E-state index in [0.717, 1.165) is 5.56 Å². The lowest BCUT2D eigenvalue weighted by atomic mass is 10.1. The molecule has 4 aromatic rings. The van der Waals surface area contributed by atoms with Gasteiger partial charge in [-0.3, -0.25) is 0 Å². The summed E-state index contributed by atoms with van der Waals surface area (Å²) in [6, 6.07) is 20.5. The molecule has 0 atom stereocenters. The lowest BCUT2D eigenvalue weighted by Crippen LogP contribution is -2.15. The monoisotopic (exact) mass is 448 g/mol. The summed E-state index contributed by atoms with van der Waals surface area (Å²) in [4.78, 5) is 13.0. The highest BCUT2D eigenvalue weighted by Gasteiger charge is 2.20. The van der Waals surface area contributed by atoms with E-state index >= 15 is 0 Å².